The van der Waals surface area contributed by atoms with E-state index in [0.29, 0.717) is 0 Å². The number of hydrogen-bond donors (Lipinski definition) is 2. The van der Waals surface area contributed by atoms with Crippen LogP contribution in [0.3, 0.4) is 0 Å². The van der Waals surface area contributed by atoms with Gasteiger partial charge in [0.05, 0.1) is 12.1 Å². The van der Waals surface area contributed by atoms with Crippen LogP contribution in [0.5, 0.6) is 5.75 Å². The number of hydrogen-bond acceptors (Lipinski definition) is 3. The number of phenols is 1. The molecule has 3 nitrogen and oxygen atoms in total. The smallest absolute Gasteiger partial charge is 0.267 e. The number of ketones is 1. The Morgan fingerprint density at radius 1 is 1.50 bits per heavy atom. The number of benzene rings is 1. The zero-order chi connectivity index (χ0) is 12.3. The number of carbonyl (C=O) groups is 1. The van der Waals surface area contributed by atoms with Crippen molar-refractivity contribution in [1.29, 1.82) is 0 Å². The molecule has 88 valence electrons. The summed E-state index contributed by atoms with van der Waals surface area (Å²) in [6, 6.07) is 2.44. The molecule has 0 bridgehead atoms. The molecule has 0 aromatic heterocycles. The largest absolute Gasteiger partial charge is 0.507 e. The molecule has 2 N–H and O–H groups in total. The number of halogens is 2. The Morgan fingerprint density at radius 2 is 2.12 bits per heavy atom. The molecule has 0 unspecified atom stereocenters. The van der Waals surface area contributed by atoms with E-state index in [-0.39, 0.29) is 23.5 Å². The van der Waals surface area contributed by atoms with E-state index in [1.807, 2.05) is 0 Å². The highest BCUT2D eigenvalue weighted by Crippen LogP contribution is 2.32. The standard InChI is InChI=1S/C11H13F2NO2/c1-6-3-7(9(15)5-14-2)4-8(10(6)16)11(12)13/h3-4,11,14,16H,5H2,1-2H3. The Morgan fingerprint density at radius 3 is 2.62 bits per heavy atom. The van der Waals surface area contributed by atoms with Crippen molar-refractivity contribution in [2.75, 3.05) is 13.6 Å². The number of nitrogens with one attached hydrogen (secondary N) is 1. The predicted molar refractivity (Wildman–Crippen MR) is 56.1 cm³/mol. The SMILES string of the molecule is CNCC(=O)c1cc(C)c(O)c(C(F)F)c1. The molecule has 1 aromatic rings. The minimum absolute atomic E-state index is 0.0763. The van der Waals surface area contributed by atoms with Gasteiger partial charge in [-0.3, -0.25) is 4.79 Å². The van der Waals surface area contributed by atoms with Crippen molar-refractivity contribution in [3.05, 3.63) is 28.8 Å². The van der Waals surface area contributed by atoms with E-state index in [2.05, 4.69) is 5.32 Å². The van der Waals surface area contributed by atoms with E-state index in [1.54, 1.807) is 7.05 Å². The number of Topliss-reactive ketones (excluding diaryl/α,β-unsaturated/α-hetero) is 1. The number of phenolic OH excluding ortho intramolecular Hbond substituents is 1. The topological polar surface area (TPSA) is 49.3 Å². The van der Waals surface area contributed by atoms with Crippen molar-refractivity contribution in [2.24, 2.45) is 0 Å². The first kappa shape index (κ1) is 12.6. The van der Waals surface area contributed by atoms with Gasteiger partial charge in [-0.15, -0.1) is 0 Å². The molecule has 16 heavy (non-hydrogen) atoms. The fraction of sp³-hybridized carbons (Fsp3) is 0.364. The first-order valence-corrected chi connectivity index (χ1v) is 4.76. The van der Waals surface area contributed by atoms with Gasteiger partial charge in [-0.05, 0) is 31.7 Å². The van der Waals surface area contributed by atoms with Gasteiger partial charge in [0, 0.05) is 5.56 Å². The maximum Gasteiger partial charge on any atom is 0.267 e. The average molecular weight is 229 g/mol. The maximum atomic E-state index is 12.6. The molecule has 0 spiro atoms. The first-order valence-electron chi connectivity index (χ1n) is 4.76. The highest BCUT2D eigenvalue weighted by molar-refractivity contribution is 5.98. The molecule has 0 radical (unpaired) electrons. The van der Waals surface area contributed by atoms with E-state index >= 15 is 0 Å². The summed E-state index contributed by atoms with van der Waals surface area (Å²) in [4.78, 5) is 11.5. The predicted octanol–water partition coefficient (Wildman–Crippen LogP) is 2.04. The van der Waals surface area contributed by atoms with Gasteiger partial charge in [0.15, 0.2) is 5.78 Å². The van der Waals surface area contributed by atoms with Gasteiger partial charge in [-0.2, -0.15) is 0 Å². The summed E-state index contributed by atoms with van der Waals surface area (Å²) in [6.45, 7) is 1.56. The van der Waals surface area contributed by atoms with Gasteiger partial charge < -0.3 is 10.4 Å². The molecule has 1 rings (SSSR count). The molecule has 0 aliphatic carbocycles. The quantitative estimate of drug-likeness (QED) is 0.777. The molecule has 0 amide bonds. The van der Waals surface area contributed by atoms with E-state index in [4.69, 9.17) is 0 Å². The van der Waals surface area contributed by atoms with Crippen LogP contribution in [0.4, 0.5) is 8.78 Å². The van der Waals surface area contributed by atoms with Crippen LogP contribution in [-0.2, 0) is 0 Å². The van der Waals surface area contributed by atoms with Crippen molar-refractivity contribution >= 4 is 5.78 Å². The molecule has 0 heterocycles. The maximum absolute atomic E-state index is 12.6. The van der Waals surface area contributed by atoms with Crippen LogP contribution >= 0.6 is 0 Å². The van der Waals surface area contributed by atoms with E-state index < -0.39 is 17.7 Å². The minimum Gasteiger partial charge on any atom is -0.507 e. The summed E-state index contributed by atoms with van der Waals surface area (Å²) in [6.07, 6.45) is -2.79. The molecular formula is C11H13F2NO2. The minimum atomic E-state index is -2.79. The monoisotopic (exact) mass is 229 g/mol. The van der Waals surface area contributed by atoms with Crippen molar-refractivity contribution in [3.8, 4) is 5.75 Å². The lowest BCUT2D eigenvalue weighted by atomic mass is 10.0. The second-order valence-corrected chi connectivity index (χ2v) is 3.49. The molecule has 0 saturated heterocycles. The lowest BCUT2D eigenvalue weighted by Crippen LogP contribution is -2.18. The number of aryl methyl sites for hydroxylation is 1. The molecule has 0 atom stereocenters. The third kappa shape index (κ3) is 2.55. The molecular weight excluding hydrogens is 216 g/mol. The fourth-order valence-electron chi connectivity index (χ4n) is 1.40. The lowest BCUT2D eigenvalue weighted by molar-refractivity contribution is 0.0993. The lowest BCUT2D eigenvalue weighted by Gasteiger charge is -2.09. The fourth-order valence-corrected chi connectivity index (χ4v) is 1.40. The Labute approximate surface area is 92.1 Å². The number of carbonyl (C=O) groups excluding carboxylic acids is 1. The Kier molecular flexibility index (Phi) is 3.95. The Balaban J connectivity index is 3.18. The van der Waals surface area contributed by atoms with Gasteiger partial charge in [0.25, 0.3) is 6.43 Å². The van der Waals surface area contributed by atoms with Gasteiger partial charge in [-0.25, -0.2) is 8.78 Å². The summed E-state index contributed by atoms with van der Waals surface area (Å²) < 4.78 is 25.1. The van der Waals surface area contributed by atoms with E-state index in [9.17, 15) is 18.7 Å². The number of aromatic hydroxyl groups is 1. The number of likely N-dealkylation sites (N-methyl/N-ethyl adjacent to an activating group) is 1. The van der Waals surface area contributed by atoms with Crippen LogP contribution < -0.4 is 5.32 Å². The van der Waals surface area contributed by atoms with Crippen molar-refractivity contribution in [3.63, 3.8) is 0 Å². The third-order valence-electron chi connectivity index (χ3n) is 2.22. The van der Waals surface area contributed by atoms with Crippen LogP contribution in [0.1, 0.15) is 27.9 Å². The van der Waals surface area contributed by atoms with Gasteiger partial charge in [0.1, 0.15) is 5.75 Å². The molecule has 0 aliphatic rings. The summed E-state index contributed by atoms with van der Waals surface area (Å²) in [5.74, 6) is -0.733. The number of alkyl halides is 2. The zero-order valence-electron chi connectivity index (χ0n) is 9.05. The second-order valence-electron chi connectivity index (χ2n) is 3.49. The summed E-state index contributed by atoms with van der Waals surface area (Å²) in [7, 11) is 1.60. The summed E-state index contributed by atoms with van der Waals surface area (Å²) in [5.41, 5.74) is -0.0448. The average Bonchev–Trinajstić information content (AvgIpc) is 2.21. The van der Waals surface area contributed by atoms with Crippen LogP contribution in [-0.4, -0.2) is 24.5 Å². The molecule has 0 fully saturated rings. The highest BCUT2D eigenvalue weighted by atomic mass is 19.3. The van der Waals surface area contributed by atoms with Gasteiger partial charge >= 0.3 is 0 Å². The van der Waals surface area contributed by atoms with Crippen LogP contribution in [0, 0.1) is 6.92 Å². The van der Waals surface area contributed by atoms with Crippen LogP contribution in [0.25, 0.3) is 0 Å². The molecule has 5 heteroatoms. The van der Waals surface area contributed by atoms with Crippen molar-refractivity contribution in [1.82, 2.24) is 5.32 Å². The summed E-state index contributed by atoms with van der Waals surface area (Å²) >= 11 is 0. The Bertz CT molecular complexity index is 405. The van der Waals surface area contributed by atoms with Gasteiger partial charge in [-0.1, -0.05) is 0 Å². The van der Waals surface area contributed by atoms with E-state index in [1.165, 1.54) is 13.0 Å². The first-order chi connectivity index (χ1) is 7.47. The normalized spacial score (nSPS) is 10.8. The van der Waals surface area contributed by atoms with Gasteiger partial charge in [0.2, 0.25) is 0 Å². The molecule has 0 saturated carbocycles. The van der Waals surface area contributed by atoms with Crippen LogP contribution in [0.2, 0.25) is 0 Å². The number of rotatable bonds is 4. The summed E-state index contributed by atoms with van der Waals surface area (Å²) in [5, 5.41) is 12.0. The van der Waals surface area contributed by atoms with Crippen molar-refractivity contribution in [2.45, 2.75) is 13.3 Å². The molecule has 0 aliphatic heterocycles. The highest BCUT2D eigenvalue weighted by Gasteiger charge is 2.18. The zero-order valence-corrected chi connectivity index (χ0v) is 9.05. The third-order valence-corrected chi connectivity index (χ3v) is 2.22. The molecule has 1 aromatic carbocycles. The Hall–Kier alpha value is -1.49. The van der Waals surface area contributed by atoms with E-state index in [0.717, 1.165) is 6.07 Å². The van der Waals surface area contributed by atoms with Crippen molar-refractivity contribution < 1.29 is 18.7 Å². The second kappa shape index (κ2) is 5.03. The van der Waals surface area contributed by atoms with Crippen LogP contribution in [0.15, 0.2) is 12.1 Å².